The lowest BCUT2D eigenvalue weighted by molar-refractivity contribution is 0.286. The second kappa shape index (κ2) is 7.10. The van der Waals surface area contributed by atoms with Gasteiger partial charge in [-0.15, -0.1) is 11.3 Å². The van der Waals surface area contributed by atoms with E-state index in [-0.39, 0.29) is 5.92 Å². The summed E-state index contributed by atoms with van der Waals surface area (Å²) in [7, 11) is 1.69. The van der Waals surface area contributed by atoms with E-state index in [0.717, 1.165) is 51.9 Å². The minimum Gasteiger partial charge on any atom is -0.497 e. The van der Waals surface area contributed by atoms with Gasteiger partial charge in [-0.1, -0.05) is 24.3 Å². The van der Waals surface area contributed by atoms with E-state index in [1.54, 1.807) is 18.4 Å². The van der Waals surface area contributed by atoms with Gasteiger partial charge in [-0.05, 0) is 48.7 Å². The van der Waals surface area contributed by atoms with Crippen LogP contribution in [-0.2, 0) is 11.2 Å². The standard InChI is InChI=1S/C25H21N3O2S/c1-14-21(25-27-18-5-3-4-6-20(18)31-25)22(15-7-10-17(29-2)11-8-15)23-19(30-14)12-9-16-13-26-28-24(16)23/h3-8,10-11,13,22H,9,12H2,1-2H3,(H,26,28). The van der Waals surface area contributed by atoms with Gasteiger partial charge in [0.25, 0.3) is 0 Å². The minimum absolute atomic E-state index is 0.00900. The van der Waals surface area contributed by atoms with Crippen molar-refractivity contribution < 1.29 is 9.47 Å². The Morgan fingerprint density at radius 2 is 1.90 bits per heavy atom. The summed E-state index contributed by atoms with van der Waals surface area (Å²) in [5.74, 6) is 2.80. The number of nitrogens with one attached hydrogen (secondary N) is 1. The van der Waals surface area contributed by atoms with Crippen molar-refractivity contribution in [1.29, 1.82) is 0 Å². The maximum Gasteiger partial charge on any atom is 0.124 e. The Balaban J connectivity index is 1.58. The number of hydrogen-bond acceptors (Lipinski definition) is 5. The van der Waals surface area contributed by atoms with Crippen molar-refractivity contribution in [2.75, 3.05) is 7.11 Å². The molecule has 0 saturated heterocycles. The van der Waals surface area contributed by atoms with Gasteiger partial charge in [0.05, 0.1) is 29.2 Å². The van der Waals surface area contributed by atoms with Gasteiger partial charge in [0.2, 0.25) is 0 Å². The number of thiazole rings is 1. The van der Waals surface area contributed by atoms with Crippen LogP contribution in [0.25, 0.3) is 21.4 Å². The van der Waals surface area contributed by atoms with Gasteiger partial charge in [-0.25, -0.2) is 4.98 Å². The average Bonchev–Trinajstić information content (AvgIpc) is 3.45. The Labute approximate surface area is 184 Å². The quantitative estimate of drug-likeness (QED) is 0.440. The molecule has 31 heavy (non-hydrogen) atoms. The van der Waals surface area contributed by atoms with Gasteiger partial charge < -0.3 is 9.47 Å². The highest BCUT2D eigenvalue weighted by Gasteiger charge is 2.38. The van der Waals surface area contributed by atoms with Crippen LogP contribution in [0.2, 0.25) is 0 Å². The largest absolute Gasteiger partial charge is 0.497 e. The van der Waals surface area contributed by atoms with Crippen molar-refractivity contribution in [3.05, 3.63) is 88.1 Å². The van der Waals surface area contributed by atoms with Crippen LogP contribution in [0.3, 0.4) is 0 Å². The van der Waals surface area contributed by atoms with Crippen LogP contribution in [0.15, 0.2) is 66.2 Å². The number of aromatic nitrogens is 3. The summed E-state index contributed by atoms with van der Waals surface area (Å²) in [6.07, 6.45) is 3.75. The first-order valence-electron chi connectivity index (χ1n) is 10.4. The van der Waals surface area contributed by atoms with Gasteiger partial charge in [-0.3, -0.25) is 5.10 Å². The molecule has 6 rings (SSSR count). The lowest BCUT2D eigenvalue weighted by atomic mass is 9.77. The highest BCUT2D eigenvalue weighted by atomic mass is 32.1. The molecule has 3 heterocycles. The molecule has 1 aliphatic heterocycles. The first-order chi connectivity index (χ1) is 15.2. The molecule has 154 valence electrons. The van der Waals surface area contributed by atoms with E-state index in [0.29, 0.717) is 0 Å². The zero-order valence-corrected chi connectivity index (χ0v) is 18.1. The molecule has 6 heteroatoms. The van der Waals surface area contributed by atoms with Crippen LogP contribution in [0.5, 0.6) is 5.75 Å². The lowest BCUT2D eigenvalue weighted by Crippen LogP contribution is -2.19. The number of para-hydroxylation sites is 1. The molecule has 1 N–H and O–H groups in total. The number of aryl methyl sites for hydroxylation is 1. The normalized spacial score (nSPS) is 18.1. The lowest BCUT2D eigenvalue weighted by Gasteiger charge is -2.34. The molecule has 0 saturated carbocycles. The molecule has 1 aliphatic carbocycles. The molecule has 5 nitrogen and oxygen atoms in total. The van der Waals surface area contributed by atoms with Gasteiger partial charge in [0, 0.05) is 23.5 Å². The molecule has 1 atom stereocenters. The fraction of sp³-hybridized carbons (Fsp3) is 0.200. The first-order valence-corrected chi connectivity index (χ1v) is 11.2. The zero-order valence-electron chi connectivity index (χ0n) is 17.3. The maximum atomic E-state index is 6.43. The number of benzene rings is 2. The van der Waals surface area contributed by atoms with Crippen LogP contribution in [0.1, 0.15) is 41.1 Å². The van der Waals surface area contributed by atoms with Crippen molar-refractivity contribution in [2.45, 2.75) is 25.7 Å². The summed E-state index contributed by atoms with van der Waals surface area (Å²) in [5.41, 5.74) is 6.81. The number of allylic oxidation sites excluding steroid dienone is 4. The van der Waals surface area contributed by atoms with Crippen LogP contribution in [-0.4, -0.2) is 22.3 Å². The number of rotatable bonds is 3. The molecule has 0 bridgehead atoms. The van der Waals surface area contributed by atoms with Gasteiger partial charge in [-0.2, -0.15) is 5.10 Å². The number of H-pyrrole nitrogens is 1. The second-order valence-corrected chi connectivity index (χ2v) is 8.90. The molecule has 1 unspecified atom stereocenters. The smallest absolute Gasteiger partial charge is 0.124 e. The number of hydrogen-bond donors (Lipinski definition) is 1. The van der Waals surface area contributed by atoms with Crippen LogP contribution < -0.4 is 4.74 Å². The topological polar surface area (TPSA) is 60.0 Å². The molecular weight excluding hydrogens is 406 g/mol. The Kier molecular flexibility index (Phi) is 4.21. The molecule has 0 radical (unpaired) electrons. The Morgan fingerprint density at radius 3 is 2.71 bits per heavy atom. The summed E-state index contributed by atoms with van der Waals surface area (Å²) in [4.78, 5) is 4.99. The molecule has 2 aliphatic rings. The maximum absolute atomic E-state index is 6.43. The summed E-state index contributed by atoms with van der Waals surface area (Å²) in [5, 5.41) is 8.58. The van der Waals surface area contributed by atoms with Crippen molar-refractivity contribution in [2.24, 2.45) is 0 Å². The minimum atomic E-state index is 0.00900. The Bertz CT molecular complexity index is 1330. The summed E-state index contributed by atoms with van der Waals surface area (Å²) >= 11 is 1.71. The van der Waals surface area contributed by atoms with E-state index < -0.39 is 0 Å². The molecule has 2 aromatic carbocycles. The predicted octanol–water partition coefficient (Wildman–Crippen LogP) is 5.93. The third-order valence-corrected chi connectivity index (χ3v) is 7.19. The SMILES string of the molecule is COc1ccc(C2C(c3nc4ccccc4s3)=C(C)OC3=C2c2[nH]ncc2CC3)cc1. The van der Waals surface area contributed by atoms with Crippen molar-refractivity contribution in [3.8, 4) is 5.75 Å². The Hall–Kier alpha value is -3.38. The molecule has 0 fully saturated rings. The summed E-state index contributed by atoms with van der Waals surface area (Å²) in [6.45, 7) is 2.06. The van der Waals surface area contributed by atoms with E-state index in [4.69, 9.17) is 14.5 Å². The fourth-order valence-electron chi connectivity index (χ4n) is 4.65. The van der Waals surface area contributed by atoms with Crippen LogP contribution >= 0.6 is 11.3 Å². The third kappa shape index (κ3) is 2.90. The van der Waals surface area contributed by atoms with E-state index in [1.165, 1.54) is 21.4 Å². The van der Waals surface area contributed by atoms with E-state index in [1.807, 2.05) is 24.4 Å². The molecular formula is C25H21N3O2S. The van der Waals surface area contributed by atoms with Crippen molar-refractivity contribution in [1.82, 2.24) is 15.2 Å². The third-order valence-electron chi connectivity index (χ3n) is 6.12. The van der Waals surface area contributed by atoms with Crippen LogP contribution in [0.4, 0.5) is 0 Å². The van der Waals surface area contributed by atoms with Crippen molar-refractivity contribution >= 4 is 32.7 Å². The molecule has 4 aromatic rings. The Morgan fingerprint density at radius 1 is 1.06 bits per heavy atom. The predicted molar refractivity (Wildman–Crippen MR) is 123 cm³/mol. The highest BCUT2D eigenvalue weighted by molar-refractivity contribution is 7.19. The number of aromatic amines is 1. The zero-order chi connectivity index (χ0) is 20.9. The van der Waals surface area contributed by atoms with Gasteiger partial charge >= 0.3 is 0 Å². The monoisotopic (exact) mass is 427 g/mol. The first kappa shape index (κ1) is 18.4. The average molecular weight is 428 g/mol. The van der Waals surface area contributed by atoms with Gasteiger partial charge in [0.15, 0.2) is 0 Å². The van der Waals surface area contributed by atoms with Crippen molar-refractivity contribution in [3.63, 3.8) is 0 Å². The van der Waals surface area contributed by atoms with Gasteiger partial charge in [0.1, 0.15) is 22.3 Å². The van der Waals surface area contributed by atoms with E-state index >= 15 is 0 Å². The van der Waals surface area contributed by atoms with Crippen LogP contribution in [0, 0.1) is 0 Å². The number of fused-ring (bicyclic) bond motifs is 3. The second-order valence-electron chi connectivity index (χ2n) is 7.87. The van der Waals surface area contributed by atoms with E-state index in [2.05, 4.69) is 47.5 Å². The molecule has 0 spiro atoms. The fourth-order valence-corrected chi connectivity index (χ4v) is 5.73. The van der Waals surface area contributed by atoms with E-state index in [9.17, 15) is 0 Å². The summed E-state index contributed by atoms with van der Waals surface area (Å²) < 4.78 is 13.0. The number of nitrogens with zero attached hydrogens (tertiary/aromatic N) is 2. The summed E-state index contributed by atoms with van der Waals surface area (Å²) in [6, 6.07) is 16.6. The highest BCUT2D eigenvalue weighted by Crippen LogP contribution is 2.52. The number of methoxy groups -OCH3 is 1. The molecule has 2 aromatic heterocycles. The number of ether oxygens (including phenoxy) is 2. The molecule has 0 amide bonds.